The largest absolute Gasteiger partial charge is 0.383 e. The molecule has 5 nitrogen and oxygen atoms in total. The van der Waals surface area contributed by atoms with Crippen molar-refractivity contribution in [2.45, 2.75) is 25.4 Å². The summed E-state index contributed by atoms with van der Waals surface area (Å²) >= 11 is 0. The minimum Gasteiger partial charge on any atom is -0.383 e. The Morgan fingerprint density at radius 3 is 3.06 bits per heavy atom. The average molecular weight is 250 g/mol. The van der Waals surface area contributed by atoms with Gasteiger partial charge in [0.05, 0.1) is 13.2 Å². The van der Waals surface area contributed by atoms with Crippen molar-refractivity contribution < 1.29 is 4.74 Å². The second-order valence-electron chi connectivity index (χ2n) is 4.63. The smallest absolute Gasteiger partial charge is 0.142 e. The van der Waals surface area contributed by atoms with E-state index in [1.54, 1.807) is 7.11 Å². The van der Waals surface area contributed by atoms with Crippen LogP contribution in [0.4, 0.5) is 0 Å². The first-order valence-electron chi connectivity index (χ1n) is 6.60. The molecule has 0 bridgehead atoms. The number of methoxy groups -OCH3 is 1. The summed E-state index contributed by atoms with van der Waals surface area (Å²) in [6, 6.07) is 2.46. The van der Waals surface area contributed by atoms with Gasteiger partial charge in [-0.1, -0.05) is 0 Å². The van der Waals surface area contributed by atoms with Crippen molar-refractivity contribution in [3.63, 3.8) is 0 Å². The van der Waals surface area contributed by atoms with Crippen LogP contribution in [0.5, 0.6) is 0 Å². The molecule has 1 unspecified atom stereocenters. The Bertz CT molecular complexity index is 333. The molecule has 1 N–H and O–H groups in total. The summed E-state index contributed by atoms with van der Waals surface area (Å²) in [6.07, 6.45) is 6.14. The lowest BCUT2D eigenvalue weighted by atomic mass is 10.2. The molecule has 1 atom stereocenters. The van der Waals surface area contributed by atoms with Gasteiger partial charge in [-0.2, -0.15) is 0 Å². The van der Waals surface area contributed by atoms with Crippen LogP contribution >= 0.6 is 0 Å². The van der Waals surface area contributed by atoms with Crippen molar-refractivity contribution in [1.29, 1.82) is 0 Å². The molecular weight excluding hydrogens is 228 g/mol. The van der Waals surface area contributed by atoms with E-state index in [0.29, 0.717) is 6.04 Å². The van der Waals surface area contributed by atoms with Crippen LogP contribution in [-0.4, -0.2) is 54.3 Å². The predicted octanol–water partition coefficient (Wildman–Crippen LogP) is 0.677. The number of hydrogen-bond acceptors (Lipinski definition) is 5. The van der Waals surface area contributed by atoms with E-state index >= 15 is 0 Å². The van der Waals surface area contributed by atoms with Crippen molar-refractivity contribution >= 4 is 0 Å². The maximum Gasteiger partial charge on any atom is 0.142 e. The lowest BCUT2D eigenvalue weighted by Crippen LogP contribution is -2.38. The van der Waals surface area contributed by atoms with E-state index in [4.69, 9.17) is 4.74 Å². The maximum absolute atomic E-state index is 5.03. The Labute approximate surface area is 109 Å². The Hall–Kier alpha value is -1.04. The van der Waals surface area contributed by atoms with E-state index in [-0.39, 0.29) is 0 Å². The highest BCUT2D eigenvalue weighted by Crippen LogP contribution is 2.18. The topological polar surface area (TPSA) is 50.3 Å². The molecule has 1 aromatic heterocycles. The third-order valence-corrected chi connectivity index (χ3v) is 3.33. The van der Waals surface area contributed by atoms with Gasteiger partial charge in [0.2, 0.25) is 0 Å². The lowest BCUT2D eigenvalue weighted by Gasteiger charge is -2.23. The molecular formula is C13H22N4O. The maximum atomic E-state index is 5.03. The first kappa shape index (κ1) is 13.4. The summed E-state index contributed by atoms with van der Waals surface area (Å²) in [5, 5.41) is 3.44. The van der Waals surface area contributed by atoms with Crippen LogP contribution in [0.2, 0.25) is 0 Å². The summed E-state index contributed by atoms with van der Waals surface area (Å²) in [7, 11) is 1.73. The number of ether oxygens (including phenoxy) is 1. The molecule has 18 heavy (non-hydrogen) atoms. The van der Waals surface area contributed by atoms with E-state index in [0.717, 1.165) is 38.6 Å². The lowest BCUT2D eigenvalue weighted by molar-refractivity contribution is 0.190. The molecule has 1 saturated heterocycles. The highest BCUT2D eigenvalue weighted by Gasteiger charge is 2.24. The first-order valence-corrected chi connectivity index (χ1v) is 6.60. The molecule has 1 aliphatic heterocycles. The van der Waals surface area contributed by atoms with Crippen LogP contribution in [-0.2, 0) is 11.3 Å². The quantitative estimate of drug-likeness (QED) is 0.721. The molecule has 0 aliphatic carbocycles. The predicted molar refractivity (Wildman–Crippen MR) is 70.2 cm³/mol. The van der Waals surface area contributed by atoms with Gasteiger partial charge in [-0.05, 0) is 25.5 Å². The summed E-state index contributed by atoms with van der Waals surface area (Å²) in [5.74, 6) is 0.918. The summed E-state index contributed by atoms with van der Waals surface area (Å²) in [6.45, 7) is 4.72. The fourth-order valence-electron chi connectivity index (χ4n) is 2.37. The van der Waals surface area contributed by atoms with Gasteiger partial charge >= 0.3 is 0 Å². The number of nitrogens with zero attached hydrogens (tertiary/aromatic N) is 3. The first-order chi connectivity index (χ1) is 8.90. The molecule has 100 valence electrons. The second kappa shape index (κ2) is 7.41. The van der Waals surface area contributed by atoms with Crippen molar-refractivity contribution in [3.05, 3.63) is 24.3 Å². The molecule has 2 rings (SSSR count). The van der Waals surface area contributed by atoms with Crippen LogP contribution in [0.15, 0.2) is 18.5 Å². The number of likely N-dealkylation sites (tertiary alicyclic amines) is 1. The molecule has 1 aromatic rings. The van der Waals surface area contributed by atoms with Crippen molar-refractivity contribution in [3.8, 4) is 0 Å². The third kappa shape index (κ3) is 4.01. The van der Waals surface area contributed by atoms with Gasteiger partial charge in [-0.15, -0.1) is 0 Å². The molecule has 2 heterocycles. The fourth-order valence-corrected chi connectivity index (χ4v) is 2.37. The van der Waals surface area contributed by atoms with Gasteiger partial charge in [0.15, 0.2) is 0 Å². The fraction of sp³-hybridized carbons (Fsp3) is 0.692. The average Bonchev–Trinajstić information content (AvgIpc) is 2.83. The Balaban J connectivity index is 1.77. The number of rotatable bonds is 7. The standard InChI is InChI=1S/C13H22N4O/c1-18-9-7-14-10-12-4-2-8-17(12)11-13-15-5-3-6-16-13/h3,5-6,12,14H,2,4,7-11H2,1H3. The van der Waals surface area contributed by atoms with Crippen LogP contribution in [0.25, 0.3) is 0 Å². The molecule has 0 amide bonds. The SMILES string of the molecule is COCCNCC1CCCN1Cc1ncccn1. The van der Waals surface area contributed by atoms with Gasteiger partial charge in [-0.3, -0.25) is 4.90 Å². The zero-order chi connectivity index (χ0) is 12.6. The minimum absolute atomic E-state index is 0.602. The zero-order valence-corrected chi connectivity index (χ0v) is 11.0. The van der Waals surface area contributed by atoms with Crippen LogP contribution < -0.4 is 5.32 Å². The molecule has 1 fully saturated rings. The normalized spacial score (nSPS) is 20.4. The van der Waals surface area contributed by atoms with Gasteiger partial charge < -0.3 is 10.1 Å². The molecule has 0 spiro atoms. The summed E-state index contributed by atoms with van der Waals surface area (Å²) < 4.78 is 5.03. The van der Waals surface area contributed by atoms with Gasteiger partial charge in [0, 0.05) is 38.6 Å². The van der Waals surface area contributed by atoms with E-state index in [1.165, 1.54) is 12.8 Å². The third-order valence-electron chi connectivity index (χ3n) is 3.33. The van der Waals surface area contributed by atoms with E-state index in [2.05, 4.69) is 20.2 Å². The van der Waals surface area contributed by atoms with Crippen LogP contribution in [0.3, 0.4) is 0 Å². The van der Waals surface area contributed by atoms with Crippen molar-refractivity contribution in [2.75, 3.05) is 33.4 Å². The van der Waals surface area contributed by atoms with Crippen LogP contribution in [0, 0.1) is 0 Å². The van der Waals surface area contributed by atoms with Gasteiger partial charge in [-0.25, -0.2) is 9.97 Å². The van der Waals surface area contributed by atoms with E-state index < -0.39 is 0 Å². The highest BCUT2D eigenvalue weighted by atomic mass is 16.5. The molecule has 0 radical (unpaired) electrons. The summed E-state index contributed by atoms with van der Waals surface area (Å²) in [5.41, 5.74) is 0. The second-order valence-corrected chi connectivity index (χ2v) is 4.63. The Morgan fingerprint density at radius 1 is 1.44 bits per heavy atom. The monoisotopic (exact) mass is 250 g/mol. The van der Waals surface area contributed by atoms with Gasteiger partial charge in [0.1, 0.15) is 5.82 Å². The van der Waals surface area contributed by atoms with Gasteiger partial charge in [0.25, 0.3) is 0 Å². The molecule has 0 aromatic carbocycles. The molecule has 5 heteroatoms. The zero-order valence-electron chi connectivity index (χ0n) is 11.0. The van der Waals surface area contributed by atoms with E-state index in [1.807, 2.05) is 18.5 Å². The van der Waals surface area contributed by atoms with Crippen molar-refractivity contribution in [2.24, 2.45) is 0 Å². The Morgan fingerprint density at radius 2 is 2.28 bits per heavy atom. The summed E-state index contributed by atoms with van der Waals surface area (Å²) in [4.78, 5) is 11.1. The number of aromatic nitrogens is 2. The minimum atomic E-state index is 0.602. The van der Waals surface area contributed by atoms with E-state index in [9.17, 15) is 0 Å². The highest BCUT2D eigenvalue weighted by molar-refractivity contribution is 4.91. The number of hydrogen-bond donors (Lipinski definition) is 1. The molecule has 1 aliphatic rings. The molecule has 0 saturated carbocycles. The Kier molecular flexibility index (Phi) is 5.51. The van der Waals surface area contributed by atoms with Crippen LogP contribution in [0.1, 0.15) is 18.7 Å². The number of nitrogens with one attached hydrogen (secondary N) is 1. The van der Waals surface area contributed by atoms with Crippen molar-refractivity contribution in [1.82, 2.24) is 20.2 Å².